The molecule has 4 heteroatoms. The van der Waals surface area contributed by atoms with Crippen molar-refractivity contribution < 1.29 is 14.3 Å². The normalized spacial score (nSPS) is 16.6. The number of ether oxygens (including phenoxy) is 2. The number of likely N-dealkylation sites (tertiary alicyclic amines) is 1. The third-order valence-corrected chi connectivity index (χ3v) is 4.90. The highest BCUT2D eigenvalue weighted by Gasteiger charge is 2.20. The Morgan fingerprint density at radius 3 is 2.59 bits per heavy atom. The van der Waals surface area contributed by atoms with Crippen molar-refractivity contribution in [3.8, 4) is 11.5 Å². The first-order valence-electron chi connectivity index (χ1n) is 9.41. The number of piperidine rings is 1. The van der Waals surface area contributed by atoms with Gasteiger partial charge in [0, 0.05) is 25.1 Å². The average molecular weight is 365 g/mol. The molecule has 0 radical (unpaired) electrons. The molecule has 1 fully saturated rings. The Labute approximate surface area is 161 Å². The van der Waals surface area contributed by atoms with Gasteiger partial charge in [0.05, 0.1) is 7.11 Å². The molecule has 1 heterocycles. The number of rotatable bonds is 6. The summed E-state index contributed by atoms with van der Waals surface area (Å²) >= 11 is 0. The Balaban J connectivity index is 1.79. The van der Waals surface area contributed by atoms with Gasteiger partial charge in [-0.05, 0) is 42.8 Å². The fourth-order valence-corrected chi connectivity index (χ4v) is 3.17. The van der Waals surface area contributed by atoms with Crippen LogP contribution in [-0.2, 0) is 11.4 Å². The number of likely N-dealkylation sites (N-methyl/N-ethyl adjacent to an activating group) is 1. The molecule has 27 heavy (non-hydrogen) atoms. The van der Waals surface area contributed by atoms with E-state index in [1.165, 1.54) is 5.56 Å². The summed E-state index contributed by atoms with van der Waals surface area (Å²) < 4.78 is 11.4. The molecule has 2 aromatic rings. The molecule has 0 N–H and O–H groups in total. The minimum atomic E-state index is 0.234. The highest BCUT2D eigenvalue weighted by Crippen LogP contribution is 2.30. The van der Waals surface area contributed by atoms with E-state index in [-0.39, 0.29) is 5.78 Å². The van der Waals surface area contributed by atoms with Crippen LogP contribution < -0.4 is 9.47 Å². The molecule has 0 atom stereocenters. The standard InChI is InChI=1S/C23H27NO3/c1-4-24-12-11-21(25)20(15-24)13-19-9-10-22(26-3)23(14-19)27-16-18-7-5-17(2)6-8-18/h5-10,13-14H,4,11-12,15-16H2,1-3H3/b20-13+. The van der Waals surface area contributed by atoms with Gasteiger partial charge in [0.15, 0.2) is 17.3 Å². The lowest BCUT2D eigenvalue weighted by Crippen LogP contribution is -2.35. The number of aryl methyl sites for hydroxylation is 1. The largest absolute Gasteiger partial charge is 0.493 e. The number of methoxy groups -OCH3 is 1. The molecule has 1 aliphatic heterocycles. The number of hydrogen-bond acceptors (Lipinski definition) is 4. The summed E-state index contributed by atoms with van der Waals surface area (Å²) in [6.45, 7) is 7.17. The van der Waals surface area contributed by atoms with Crippen LogP contribution in [0.1, 0.15) is 30.0 Å². The molecular formula is C23H27NO3. The maximum Gasteiger partial charge on any atom is 0.162 e. The number of benzene rings is 2. The minimum Gasteiger partial charge on any atom is -0.493 e. The van der Waals surface area contributed by atoms with Crippen molar-refractivity contribution in [1.82, 2.24) is 4.90 Å². The maximum absolute atomic E-state index is 12.3. The number of ketones is 1. The highest BCUT2D eigenvalue weighted by molar-refractivity contribution is 6.00. The predicted molar refractivity (Wildman–Crippen MR) is 108 cm³/mol. The molecule has 1 saturated heterocycles. The molecule has 0 amide bonds. The van der Waals surface area contributed by atoms with Crippen molar-refractivity contribution >= 4 is 11.9 Å². The fraction of sp³-hybridized carbons (Fsp3) is 0.348. The van der Waals surface area contributed by atoms with Crippen molar-refractivity contribution in [2.75, 3.05) is 26.7 Å². The van der Waals surface area contributed by atoms with E-state index < -0.39 is 0 Å². The molecule has 0 aliphatic carbocycles. The summed E-state index contributed by atoms with van der Waals surface area (Å²) in [6.07, 6.45) is 2.56. The molecular weight excluding hydrogens is 338 g/mol. The second-order valence-electron chi connectivity index (χ2n) is 6.90. The Bertz CT molecular complexity index is 824. The van der Waals surface area contributed by atoms with E-state index in [0.717, 1.165) is 29.8 Å². The zero-order valence-corrected chi connectivity index (χ0v) is 16.3. The van der Waals surface area contributed by atoms with E-state index in [1.807, 2.05) is 24.3 Å². The number of carbonyl (C=O) groups excluding carboxylic acids is 1. The molecule has 4 nitrogen and oxygen atoms in total. The number of nitrogens with zero attached hydrogens (tertiary/aromatic N) is 1. The van der Waals surface area contributed by atoms with Gasteiger partial charge in [-0.3, -0.25) is 9.69 Å². The molecule has 3 rings (SSSR count). The minimum absolute atomic E-state index is 0.234. The second-order valence-corrected chi connectivity index (χ2v) is 6.90. The predicted octanol–water partition coefficient (Wildman–Crippen LogP) is 4.26. The molecule has 2 aromatic carbocycles. The van der Waals surface area contributed by atoms with Crippen LogP contribution in [0, 0.1) is 6.92 Å². The van der Waals surface area contributed by atoms with Gasteiger partial charge in [-0.2, -0.15) is 0 Å². The summed E-state index contributed by atoms with van der Waals surface area (Å²) in [5, 5.41) is 0. The zero-order valence-electron chi connectivity index (χ0n) is 16.3. The first kappa shape index (κ1) is 19.2. The number of hydrogen-bond donors (Lipinski definition) is 0. The SMILES string of the molecule is CCN1CCC(=O)/C(=C/c2ccc(OC)c(OCc3ccc(C)cc3)c2)C1. The van der Waals surface area contributed by atoms with Gasteiger partial charge in [0.25, 0.3) is 0 Å². The lowest BCUT2D eigenvalue weighted by molar-refractivity contribution is -0.117. The van der Waals surface area contributed by atoms with Crippen LogP contribution in [0.15, 0.2) is 48.0 Å². The molecule has 0 bridgehead atoms. The zero-order chi connectivity index (χ0) is 19.2. The van der Waals surface area contributed by atoms with Crippen LogP contribution in [0.5, 0.6) is 11.5 Å². The van der Waals surface area contributed by atoms with Gasteiger partial charge in [-0.15, -0.1) is 0 Å². The van der Waals surface area contributed by atoms with Crippen LogP contribution in [0.25, 0.3) is 6.08 Å². The molecule has 142 valence electrons. The van der Waals surface area contributed by atoms with Gasteiger partial charge in [-0.1, -0.05) is 42.8 Å². The lowest BCUT2D eigenvalue weighted by Gasteiger charge is -2.26. The molecule has 0 spiro atoms. The summed E-state index contributed by atoms with van der Waals surface area (Å²) in [6, 6.07) is 14.1. The van der Waals surface area contributed by atoms with Gasteiger partial charge in [-0.25, -0.2) is 0 Å². The summed E-state index contributed by atoms with van der Waals surface area (Å²) in [5.74, 6) is 1.61. The Kier molecular flexibility index (Phi) is 6.30. The van der Waals surface area contributed by atoms with Gasteiger partial charge in [0.2, 0.25) is 0 Å². The third-order valence-electron chi connectivity index (χ3n) is 4.90. The lowest BCUT2D eigenvalue weighted by atomic mass is 10.0. The average Bonchev–Trinajstić information content (AvgIpc) is 2.69. The maximum atomic E-state index is 12.3. The van der Waals surface area contributed by atoms with Crippen LogP contribution in [0.2, 0.25) is 0 Å². The van der Waals surface area contributed by atoms with Crippen molar-refractivity contribution in [2.24, 2.45) is 0 Å². The van der Waals surface area contributed by atoms with E-state index in [1.54, 1.807) is 7.11 Å². The summed E-state index contributed by atoms with van der Waals surface area (Å²) in [4.78, 5) is 14.5. The van der Waals surface area contributed by atoms with Crippen LogP contribution >= 0.6 is 0 Å². The summed E-state index contributed by atoms with van der Waals surface area (Å²) in [7, 11) is 1.63. The van der Waals surface area contributed by atoms with Crippen LogP contribution in [-0.4, -0.2) is 37.4 Å². The summed E-state index contributed by atoms with van der Waals surface area (Å²) in [5.41, 5.74) is 4.14. The van der Waals surface area contributed by atoms with Gasteiger partial charge in [0.1, 0.15) is 6.61 Å². The molecule has 0 unspecified atom stereocenters. The van der Waals surface area contributed by atoms with E-state index in [9.17, 15) is 4.79 Å². The van der Waals surface area contributed by atoms with Crippen molar-refractivity contribution in [2.45, 2.75) is 26.9 Å². The fourth-order valence-electron chi connectivity index (χ4n) is 3.17. The van der Waals surface area contributed by atoms with Crippen molar-refractivity contribution in [3.63, 3.8) is 0 Å². The molecule has 1 aliphatic rings. The van der Waals surface area contributed by atoms with Crippen LogP contribution in [0.3, 0.4) is 0 Å². The van der Waals surface area contributed by atoms with Gasteiger partial charge < -0.3 is 9.47 Å². The van der Waals surface area contributed by atoms with Crippen molar-refractivity contribution in [3.05, 3.63) is 64.7 Å². The topological polar surface area (TPSA) is 38.8 Å². The third kappa shape index (κ3) is 4.98. The van der Waals surface area contributed by atoms with E-state index in [4.69, 9.17) is 9.47 Å². The molecule has 0 saturated carbocycles. The van der Waals surface area contributed by atoms with Gasteiger partial charge >= 0.3 is 0 Å². The number of Topliss-reactive ketones (excluding diaryl/α,β-unsaturated/α-hetero) is 1. The monoisotopic (exact) mass is 365 g/mol. The molecule has 0 aromatic heterocycles. The van der Waals surface area contributed by atoms with E-state index in [0.29, 0.717) is 31.1 Å². The first-order valence-corrected chi connectivity index (χ1v) is 9.41. The highest BCUT2D eigenvalue weighted by atomic mass is 16.5. The van der Waals surface area contributed by atoms with E-state index in [2.05, 4.69) is 43.0 Å². The Morgan fingerprint density at radius 1 is 1.11 bits per heavy atom. The second kappa shape index (κ2) is 8.87. The Morgan fingerprint density at radius 2 is 1.89 bits per heavy atom. The van der Waals surface area contributed by atoms with E-state index >= 15 is 0 Å². The number of carbonyl (C=O) groups is 1. The first-order chi connectivity index (χ1) is 13.1. The smallest absolute Gasteiger partial charge is 0.162 e. The quantitative estimate of drug-likeness (QED) is 0.717. The Hall–Kier alpha value is -2.59. The van der Waals surface area contributed by atoms with Crippen molar-refractivity contribution in [1.29, 1.82) is 0 Å². The van der Waals surface area contributed by atoms with Crippen LogP contribution in [0.4, 0.5) is 0 Å².